The van der Waals surface area contributed by atoms with Gasteiger partial charge in [-0.2, -0.15) is 9.28 Å². The minimum Gasteiger partial charge on any atom is -0.870 e. The van der Waals surface area contributed by atoms with Gasteiger partial charge in [0, 0.05) is 6.42 Å². The maximum Gasteiger partial charge on any atom is 1.00 e. The molecule has 0 saturated heterocycles. The van der Waals surface area contributed by atoms with E-state index in [1.165, 1.54) is 32.8 Å². The van der Waals surface area contributed by atoms with E-state index in [4.69, 9.17) is 9.47 Å². The molecule has 1 heterocycles. The van der Waals surface area contributed by atoms with Gasteiger partial charge in [0.2, 0.25) is 5.84 Å². The van der Waals surface area contributed by atoms with Crippen LogP contribution < -0.4 is 64.2 Å². The number of rotatable bonds is 12. The Balaban J connectivity index is -0.00000192. The second kappa shape index (κ2) is 18.5. The number of carbonyl (C=O) groups is 2. The smallest absolute Gasteiger partial charge is 0.870 e. The van der Waals surface area contributed by atoms with Crippen LogP contribution in [-0.4, -0.2) is 67.8 Å². The van der Waals surface area contributed by atoms with E-state index in [2.05, 4.69) is 11.9 Å². The number of amidine groups is 1. The fourth-order valence-corrected chi connectivity index (χ4v) is 3.05. The van der Waals surface area contributed by atoms with Crippen LogP contribution in [0.3, 0.4) is 0 Å². The summed E-state index contributed by atoms with van der Waals surface area (Å²) in [5.74, 6) is -0.434. The van der Waals surface area contributed by atoms with Gasteiger partial charge in [0.25, 0.3) is 0 Å². The van der Waals surface area contributed by atoms with Gasteiger partial charge in [-0.1, -0.05) is 39.0 Å². The summed E-state index contributed by atoms with van der Waals surface area (Å²) >= 11 is 0. The average molecular weight is 405 g/mol. The second-order valence-corrected chi connectivity index (χ2v) is 6.13. The number of quaternary nitrogens is 1. The molecule has 1 aliphatic heterocycles. The van der Waals surface area contributed by atoms with Crippen LogP contribution in [0.1, 0.15) is 51.9 Å². The Bertz CT molecular complexity index is 451. The molecule has 10 heteroatoms. The molecular formula is C17H31N2Na2O6+. The largest absolute Gasteiger partial charge is 1.00 e. The zero-order chi connectivity index (χ0) is 17.8. The van der Waals surface area contributed by atoms with E-state index in [1.807, 2.05) is 0 Å². The van der Waals surface area contributed by atoms with Crippen LogP contribution in [0.15, 0.2) is 4.99 Å². The van der Waals surface area contributed by atoms with Crippen LogP contribution in [0.2, 0.25) is 0 Å². The first kappa shape index (κ1) is 32.2. The molecule has 1 N–H and O–H groups in total. The number of nitrogens with zero attached hydrogens (tertiary/aromatic N) is 2. The quantitative estimate of drug-likeness (QED) is 0.183. The molecule has 8 nitrogen and oxygen atoms in total. The van der Waals surface area contributed by atoms with Gasteiger partial charge in [-0.05, 0) is 6.42 Å². The molecule has 0 bridgehead atoms. The Kier molecular flexibility index (Phi) is 22.1. The third-order valence-electron chi connectivity index (χ3n) is 4.39. The molecule has 27 heavy (non-hydrogen) atoms. The molecule has 1 rings (SSSR count). The number of aliphatic carboxylic acids is 1. The number of hydrogen-bond acceptors (Lipinski definition) is 7. The molecule has 1 aliphatic rings. The summed E-state index contributed by atoms with van der Waals surface area (Å²) in [6.45, 7) is 3.35. The standard InChI is InChI=1S/C17H30N2O5.2Na.H2O/c1-3-4-5-6-7-8-9-15-18-10-11-19(15,17(22)23-2)12-13-24-14-16(20)21;;;/h3-14H2,1-2H3;;;1H2/q;2*+1;/p-1. The Morgan fingerprint density at radius 3 is 2.37 bits per heavy atom. The molecule has 1 atom stereocenters. The molecule has 1 unspecified atom stereocenters. The number of amides is 1. The number of unbranched alkanes of at least 4 members (excludes halogenated alkanes) is 5. The van der Waals surface area contributed by atoms with E-state index >= 15 is 0 Å². The van der Waals surface area contributed by atoms with Crippen LogP contribution in [0.25, 0.3) is 0 Å². The number of carbonyl (C=O) groups excluding carboxylic acids is 2. The van der Waals surface area contributed by atoms with E-state index < -0.39 is 12.6 Å². The third kappa shape index (κ3) is 11.3. The normalized spacial score (nSPS) is 17.8. The summed E-state index contributed by atoms with van der Waals surface area (Å²) in [5.41, 5.74) is 0. The van der Waals surface area contributed by atoms with Crippen molar-refractivity contribution >= 4 is 17.9 Å². The van der Waals surface area contributed by atoms with Crippen molar-refractivity contribution in [3.8, 4) is 0 Å². The van der Waals surface area contributed by atoms with Gasteiger partial charge in [0.15, 0.2) is 0 Å². The molecule has 0 fully saturated rings. The Morgan fingerprint density at radius 2 is 1.78 bits per heavy atom. The maximum absolute atomic E-state index is 12.3. The molecule has 1 amide bonds. The van der Waals surface area contributed by atoms with E-state index in [0.29, 0.717) is 19.6 Å². The van der Waals surface area contributed by atoms with Gasteiger partial charge >= 0.3 is 65.2 Å². The fraction of sp³-hybridized carbons (Fsp3) is 0.824. The summed E-state index contributed by atoms with van der Waals surface area (Å²) in [6, 6.07) is 0. The van der Waals surface area contributed by atoms with Gasteiger partial charge in [0.1, 0.15) is 13.1 Å². The minimum atomic E-state index is -1.26. The van der Waals surface area contributed by atoms with Crippen LogP contribution >= 0.6 is 0 Å². The van der Waals surface area contributed by atoms with Crippen LogP contribution in [0, 0.1) is 0 Å². The van der Waals surface area contributed by atoms with Gasteiger partial charge < -0.3 is 24.9 Å². The van der Waals surface area contributed by atoms with Gasteiger partial charge in [-0.25, -0.2) is 4.99 Å². The van der Waals surface area contributed by atoms with Crippen molar-refractivity contribution in [3.05, 3.63) is 0 Å². The summed E-state index contributed by atoms with van der Waals surface area (Å²) in [7, 11) is 1.37. The molecule has 0 aromatic carbocycles. The van der Waals surface area contributed by atoms with E-state index in [1.54, 1.807) is 0 Å². The number of carboxylic acids is 1. The fourth-order valence-electron chi connectivity index (χ4n) is 3.05. The van der Waals surface area contributed by atoms with Gasteiger partial charge in [0.05, 0.1) is 32.8 Å². The maximum atomic E-state index is 12.3. The number of hydrogen-bond donors (Lipinski definition) is 0. The molecule has 0 spiro atoms. The van der Waals surface area contributed by atoms with Crippen LogP contribution in [-0.2, 0) is 14.3 Å². The molecular weight excluding hydrogens is 374 g/mol. The summed E-state index contributed by atoms with van der Waals surface area (Å²) < 4.78 is 10.1. The third-order valence-corrected chi connectivity index (χ3v) is 4.39. The van der Waals surface area contributed by atoms with Gasteiger partial charge in [-0.15, -0.1) is 0 Å². The Morgan fingerprint density at radius 1 is 1.15 bits per heavy atom. The van der Waals surface area contributed by atoms with Crippen molar-refractivity contribution in [3.63, 3.8) is 0 Å². The number of methoxy groups -OCH3 is 1. The van der Waals surface area contributed by atoms with Crippen LogP contribution in [0.5, 0.6) is 0 Å². The average Bonchev–Trinajstić information content (AvgIpc) is 2.98. The van der Waals surface area contributed by atoms with Crippen molar-refractivity contribution in [2.24, 2.45) is 4.99 Å². The summed E-state index contributed by atoms with van der Waals surface area (Å²) in [6.07, 6.45) is 7.47. The molecule has 0 aliphatic carbocycles. The van der Waals surface area contributed by atoms with Crippen molar-refractivity contribution < 1.29 is 93.2 Å². The SMILES string of the molecule is CCCCCCCCC1=NCC[N+]1(CCOCC(=O)[O-])C(=O)OC.[Na+].[Na+].[OH-]. The van der Waals surface area contributed by atoms with Crippen molar-refractivity contribution in [2.75, 3.05) is 40.0 Å². The van der Waals surface area contributed by atoms with E-state index in [0.717, 1.165) is 25.1 Å². The summed E-state index contributed by atoms with van der Waals surface area (Å²) in [5, 5.41) is 10.4. The number of aliphatic imine (C=N–C) groups is 1. The number of carboxylic acid groups (broad SMARTS) is 1. The van der Waals surface area contributed by atoms with Crippen molar-refractivity contribution in [2.45, 2.75) is 51.9 Å². The topological polar surface area (TPSA) is 118 Å². The van der Waals surface area contributed by atoms with Crippen molar-refractivity contribution in [1.82, 2.24) is 0 Å². The predicted octanol–water partition coefficient (Wildman–Crippen LogP) is -4.67. The first-order valence-corrected chi connectivity index (χ1v) is 8.84. The molecule has 0 radical (unpaired) electrons. The van der Waals surface area contributed by atoms with Crippen molar-refractivity contribution in [1.29, 1.82) is 0 Å². The van der Waals surface area contributed by atoms with Gasteiger partial charge in [-0.3, -0.25) is 0 Å². The minimum absolute atomic E-state index is 0. The number of ether oxygens (including phenoxy) is 2. The molecule has 146 valence electrons. The first-order chi connectivity index (χ1) is 11.6. The van der Waals surface area contributed by atoms with Crippen LogP contribution in [0.4, 0.5) is 4.79 Å². The van der Waals surface area contributed by atoms with E-state index in [9.17, 15) is 14.7 Å². The molecule has 0 aromatic rings. The summed E-state index contributed by atoms with van der Waals surface area (Å²) in [4.78, 5) is 27.3. The predicted molar refractivity (Wildman–Crippen MR) is 90.5 cm³/mol. The zero-order valence-electron chi connectivity index (χ0n) is 17.4. The van der Waals surface area contributed by atoms with E-state index in [-0.39, 0.29) is 81.8 Å². The first-order valence-electron chi connectivity index (χ1n) is 8.84. The Hall–Kier alpha value is 0.490. The molecule has 0 aromatic heterocycles. The monoisotopic (exact) mass is 405 g/mol. The zero-order valence-corrected chi connectivity index (χ0v) is 21.4. The Labute approximate surface area is 206 Å². The second-order valence-electron chi connectivity index (χ2n) is 6.13. The molecule has 0 saturated carbocycles.